The lowest BCUT2D eigenvalue weighted by Gasteiger charge is -2.06. The van der Waals surface area contributed by atoms with Crippen LogP contribution in [0.3, 0.4) is 0 Å². The van der Waals surface area contributed by atoms with E-state index in [2.05, 4.69) is 9.97 Å². The molecule has 0 aliphatic carbocycles. The van der Waals surface area contributed by atoms with E-state index in [1.165, 1.54) is 12.4 Å². The lowest BCUT2D eigenvalue weighted by atomic mass is 10.3. The Morgan fingerprint density at radius 1 is 1.12 bits per heavy atom. The van der Waals surface area contributed by atoms with Crippen LogP contribution in [0.4, 0.5) is 14.5 Å². The van der Waals surface area contributed by atoms with Crippen LogP contribution in [0.15, 0.2) is 24.5 Å². The summed E-state index contributed by atoms with van der Waals surface area (Å²) in [6.07, 6.45) is 3.02. The SMILES string of the molecule is Cc1cnc(Oc2cc(F)c(N)cc2F)nc1. The Hall–Kier alpha value is -2.24. The molecule has 0 bridgehead atoms. The first-order valence-corrected chi connectivity index (χ1v) is 4.77. The second-order valence-electron chi connectivity index (χ2n) is 3.45. The third-order valence-corrected chi connectivity index (χ3v) is 2.01. The molecule has 1 heterocycles. The molecular weight excluding hydrogens is 228 g/mol. The predicted molar refractivity (Wildman–Crippen MR) is 57.6 cm³/mol. The third kappa shape index (κ3) is 2.47. The second-order valence-corrected chi connectivity index (χ2v) is 3.45. The number of anilines is 1. The average Bonchev–Trinajstić information content (AvgIpc) is 2.29. The van der Waals surface area contributed by atoms with Gasteiger partial charge in [0.15, 0.2) is 11.6 Å². The molecule has 2 rings (SSSR count). The van der Waals surface area contributed by atoms with Gasteiger partial charge in [0.25, 0.3) is 0 Å². The highest BCUT2D eigenvalue weighted by Gasteiger charge is 2.11. The van der Waals surface area contributed by atoms with Gasteiger partial charge in [-0.05, 0) is 12.5 Å². The molecule has 17 heavy (non-hydrogen) atoms. The van der Waals surface area contributed by atoms with Gasteiger partial charge in [-0.2, -0.15) is 0 Å². The fraction of sp³-hybridized carbons (Fsp3) is 0.0909. The van der Waals surface area contributed by atoms with Crippen molar-refractivity contribution in [3.05, 3.63) is 41.7 Å². The van der Waals surface area contributed by atoms with E-state index in [1.807, 2.05) is 0 Å². The zero-order valence-corrected chi connectivity index (χ0v) is 8.95. The van der Waals surface area contributed by atoms with Crippen molar-refractivity contribution in [2.75, 3.05) is 5.73 Å². The first-order chi connectivity index (χ1) is 8.06. The maximum absolute atomic E-state index is 13.4. The van der Waals surface area contributed by atoms with Crippen LogP contribution in [0.1, 0.15) is 5.56 Å². The highest BCUT2D eigenvalue weighted by Crippen LogP contribution is 2.25. The molecule has 0 aliphatic rings. The molecule has 0 fully saturated rings. The van der Waals surface area contributed by atoms with Crippen LogP contribution in [0.5, 0.6) is 11.8 Å². The van der Waals surface area contributed by atoms with Crippen molar-refractivity contribution >= 4 is 5.69 Å². The second kappa shape index (κ2) is 4.32. The maximum atomic E-state index is 13.4. The Balaban J connectivity index is 2.30. The molecule has 0 aliphatic heterocycles. The van der Waals surface area contributed by atoms with E-state index >= 15 is 0 Å². The fourth-order valence-corrected chi connectivity index (χ4v) is 1.15. The number of aromatic nitrogens is 2. The summed E-state index contributed by atoms with van der Waals surface area (Å²) in [4.78, 5) is 7.63. The number of hydrogen-bond acceptors (Lipinski definition) is 4. The van der Waals surface area contributed by atoms with Gasteiger partial charge in [-0.15, -0.1) is 0 Å². The van der Waals surface area contributed by atoms with Crippen molar-refractivity contribution in [2.24, 2.45) is 0 Å². The van der Waals surface area contributed by atoms with Crippen molar-refractivity contribution < 1.29 is 13.5 Å². The van der Waals surface area contributed by atoms with Crippen molar-refractivity contribution in [3.8, 4) is 11.8 Å². The molecule has 1 aromatic carbocycles. The number of benzene rings is 1. The summed E-state index contributed by atoms with van der Waals surface area (Å²) in [5, 5.41) is 0. The fourth-order valence-electron chi connectivity index (χ4n) is 1.15. The van der Waals surface area contributed by atoms with Crippen molar-refractivity contribution in [1.82, 2.24) is 9.97 Å². The van der Waals surface area contributed by atoms with Gasteiger partial charge >= 0.3 is 6.01 Å². The smallest absolute Gasteiger partial charge is 0.321 e. The summed E-state index contributed by atoms with van der Waals surface area (Å²) in [5.74, 6) is -1.83. The Morgan fingerprint density at radius 3 is 2.41 bits per heavy atom. The van der Waals surface area contributed by atoms with Gasteiger partial charge in [0.1, 0.15) is 5.82 Å². The summed E-state index contributed by atoms with van der Waals surface area (Å²) in [7, 11) is 0. The maximum Gasteiger partial charge on any atom is 0.321 e. The zero-order valence-electron chi connectivity index (χ0n) is 8.95. The number of aryl methyl sites for hydroxylation is 1. The Morgan fingerprint density at radius 2 is 1.76 bits per heavy atom. The highest BCUT2D eigenvalue weighted by atomic mass is 19.1. The average molecular weight is 237 g/mol. The van der Waals surface area contributed by atoms with E-state index < -0.39 is 11.6 Å². The monoisotopic (exact) mass is 237 g/mol. The molecule has 1 aromatic heterocycles. The lowest BCUT2D eigenvalue weighted by Crippen LogP contribution is -1.97. The standard InChI is InChI=1S/C11H9F2N3O/c1-6-4-15-11(16-5-6)17-10-3-7(12)9(14)2-8(10)13/h2-5H,14H2,1H3. The van der Waals surface area contributed by atoms with Crippen LogP contribution in [0.2, 0.25) is 0 Å². The Labute approximate surface area is 96.1 Å². The zero-order chi connectivity index (χ0) is 12.4. The first kappa shape index (κ1) is 11.3. The van der Waals surface area contributed by atoms with Gasteiger partial charge in [0.05, 0.1) is 5.69 Å². The van der Waals surface area contributed by atoms with Gasteiger partial charge < -0.3 is 10.5 Å². The number of rotatable bonds is 2. The largest absolute Gasteiger partial charge is 0.421 e. The Bertz CT molecular complexity index is 543. The third-order valence-electron chi connectivity index (χ3n) is 2.01. The molecule has 0 atom stereocenters. The van der Waals surface area contributed by atoms with Crippen LogP contribution in [-0.2, 0) is 0 Å². The van der Waals surface area contributed by atoms with Crippen molar-refractivity contribution in [2.45, 2.75) is 6.92 Å². The van der Waals surface area contributed by atoms with Gasteiger partial charge in [-0.1, -0.05) is 0 Å². The summed E-state index contributed by atoms with van der Waals surface area (Å²) in [5.41, 5.74) is 5.76. The number of nitrogen functional groups attached to an aromatic ring is 1. The number of nitrogens with two attached hydrogens (primary N) is 1. The first-order valence-electron chi connectivity index (χ1n) is 4.77. The molecule has 0 amide bonds. The summed E-state index contributed by atoms with van der Waals surface area (Å²) in [6.45, 7) is 1.80. The number of halogens is 2. The van der Waals surface area contributed by atoms with E-state index in [0.29, 0.717) is 0 Å². The molecule has 4 nitrogen and oxygen atoms in total. The van der Waals surface area contributed by atoms with E-state index in [1.54, 1.807) is 6.92 Å². The van der Waals surface area contributed by atoms with Crippen LogP contribution >= 0.6 is 0 Å². The normalized spacial score (nSPS) is 10.3. The summed E-state index contributed by atoms with van der Waals surface area (Å²) < 4.78 is 31.5. The minimum atomic E-state index is -0.770. The van der Waals surface area contributed by atoms with Crippen LogP contribution in [0, 0.1) is 18.6 Å². The molecule has 0 unspecified atom stereocenters. The molecule has 0 saturated carbocycles. The van der Waals surface area contributed by atoms with E-state index in [-0.39, 0.29) is 17.4 Å². The minimum absolute atomic E-state index is 0.0568. The summed E-state index contributed by atoms with van der Waals surface area (Å²) in [6, 6.07) is 1.64. The number of hydrogen-bond donors (Lipinski definition) is 1. The molecule has 6 heteroatoms. The molecular formula is C11H9F2N3O. The topological polar surface area (TPSA) is 61.0 Å². The van der Waals surface area contributed by atoms with E-state index in [9.17, 15) is 8.78 Å². The van der Waals surface area contributed by atoms with Crippen molar-refractivity contribution in [1.29, 1.82) is 0 Å². The number of nitrogens with zero attached hydrogens (tertiary/aromatic N) is 2. The van der Waals surface area contributed by atoms with Crippen LogP contribution in [0.25, 0.3) is 0 Å². The van der Waals surface area contributed by atoms with Crippen LogP contribution in [-0.4, -0.2) is 9.97 Å². The molecule has 0 radical (unpaired) electrons. The minimum Gasteiger partial charge on any atom is -0.421 e. The Kier molecular flexibility index (Phi) is 2.86. The molecule has 2 aromatic rings. The van der Waals surface area contributed by atoms with E-state index in [4.69, 9.17) is 10.5 Å². The van der Waals surface area contributed by atoms with Crippen molar-refractivity contribution in [3.63, 3.8) is 0 Å². The van der Waals surface area contributed by atoms with Gasteiger partial charge in [0, 0.05) is 24.5 Å². The van der Waals surface area contributed by atoms with Gasteiger partial charge in [-0.25, -0.2) is 18.7 Å². The number of ether oxygens (including phenoxy) is 1. The molecule has 2 N–H and O–H groups in total. The molecule has 0 saturated heterocycles. The molecule has 0 spiro atoms. The highest BCUT2D eigenvalue weighted by molar-refractivity contribution is 5.45. The van der Waals surface area contributed by atoms with Gasteiger partial charge in [-0.3, -0.25) is 0 Å². The quantitative estimate of drug-likeness (QED) is 0.815. The summed E-state index contributed by atoms with van der Waals surface area (Å²) >= 11 is 0. The van der Waals surface area contributed by atoms with Crippen LogP contribution < -0.4 is 10.5 Å². The molecule has 88 valence electrons. The van der Waals surface area contributed by atoms with Gasteiger partial charge in [0.2, 0.25) is 0 Å². The van der Waals surface area contributed by atoms with E-state index in [0.717, 1.165) is 17.7 Å². The predicted octanol–water partition coefficient (Wildman–Crippen LogP) is 2.44. The lowest BCUT2D eigenvalue weighted by molar-refractivity contribution is 0.407.